The summed E-state index contributed by atoms with van der Waals surface area (Å²) in [6.07, 6.45) is 2.40. The molecule has 2 heterocycles. The first kappa shape index (κ1) is 20.3. The summed E-state index contributed by atoms with van der Waals surface area (Å²) in [7, 11) is 0. The zero-order valence-corrected chi connectivity index (χ0v) is 17.2. The molecule has 0 amide bonds. The van der Waals surface area contributed by atoms with Crippen LogP contribution in [0, 0.1) is 6.92 Å². The Morgan fingerprint density at radius 1 is 1.03 bits per heavy atom. The fraction of sp³-hybridized carbons (Fsp3) is 0.160. The van der Waals surface area contributed by atoms with E-state index in [1.807, 2.05) is 73.7 Å². The largest absolute Gasteiger partial charge is 0.480 e. The highest BCUT2D eigenvalue weighted by atomic mass is 16.4. The van der Waals surface area contributed by atoms with Gasteiger partial charge in [-0.1, -0.05) is 60.7 Å². The predicted octanol–water partition coefficient (Wildman–Crippen LogP) is 4.74. The molecule has 6 heteroatoms. The summed E-state index contributed by atoms with van der Waals surface area (Å²) in [5, 5.41) is 12.8. The molecule has 0 bridgehead atoms. The topological polar surface area (TPSA) is 88.2 Å². The predicted molar refractivity (Wildman–Crippen MR) is 119 cm³/mol. The molecule has 156 valence electrons. The zero-order valence-electron chi connectivity index (χ0n) is 17.2. The van der Waals surface area contributed by atoms with Gasteiger partial charge in [-0.2, -0.15) is 0 Å². The average molecular weight is 413 g/mol. The molecule has 2 aromatic carbocycles. The number of carboxylic acids is 1. The minimum Gasteiger partial charge on any atom is -0.480 e. The fourth-order valence-electron chi connectivity index (χ4n) is 3.37. The van der Waals surface area contributed by atoms with Gasteiger partial charge in [-0.3, -0.25) is 0 Å². The van der Waals surface area contributed by atoms with E-state index in [4.69, 9.17) is 9.40 Å². The lowest BCUT2D eigenvalue weighted by molar-refractivity contribution is -0.138. The van der Waals surface area contributed by atoms with Gasteiger partial charge in [0, 0.05) is 18.4 Å². The Kier molecular flexibility index (Phi) is 6.08. The molecule has 4 rings (SSSR count). The van der Waals surface area contributed by atoms with Crippen LogP contribution in [-0.2, 0) is 17.6 Å². The normalized spacial score (nSPS) is 11.8. The highest BCUT2D eigenvalue weighted by Crippen LogP contribution is 2.23. The van der Waals surface area contributed by atoms with Crippen LogP contribution in [0.5, 0.6) is 0 Å². The molecule has 1 unspecified atom stereocenters. The van der Waals surface area contributed by atoms with Crippen molar-refractivity contribution in [1.29, 1.82) is 0 Å². The van der Waals surface area contributed by atoms with Crippen LogP contribution in [0.25, 0.3) is 11.3 Å². The van der Waals surface area contributed by atoms with Gasteiger partial charge in [0.05, 0.1) is 17.6 Å². The third kappa shape index (κ3) is 5.17. The molecule has 0 radical (unpaired) electrons. The van der Waals surface area contributed by atoms with E-state index in [1.165, 1.54) is 0 Å². The van der Waals surface area contributed by atoms with Gasteiger partial charge in [0.25, 0.3) is 0 Å². The van der Waals surface area contributed by atoms with Crippen molar-refractivity contribution in [2.45, 2.75) is 25.8 Å². The number of rotatable bonds is 8. The monoisotopic (exact) mass is 413 g/mol. The number of carbonyl (C=O) groups is 1. The van der Waals surface area contributed by atoms with E-state index in [1.54, 1.807) is 12.3 Å². The molecule has 4 aromatic rings. The van der Waals surface area contributed by atoms with Crippen molar-refractivity contribution in [2.75, 3.05) is 5.32 Å². The van der Waals surface area contributed by atoms with E-state index in [2.05, 4.69) is 10.3 Å². The van der Waals surface area contributed by atoms with E-state index in [0.29, 0.717) is 23.7 Å². The van der Waals surface area contributed by atoms with Gasteiger partial charge < -0.3 is 14.8 Å². The number of carboxylic acid groups (broad SMARTS) is 1. The van der Waals surface area contributed by atoms with Gasteiger partial charge in [0.2, 0.25) is 0 Å². The lowest BCUT2D eigenvalue weighted by Crippen LogP contribution is -2.32. The van der Waals surface area contributed by atoms with Gasteiger partial charge >= 0.3 is 5.97 Å². The summed E-state index contributed by atoms with van der Waals surface area (Å²) in [6, 6.07) is 22.5. The second kappa shape index (κ2) is 9.26. The SMILES string of the molecule is Cc1ccc(CC(Nc2ncc(-c3ccccc3)nc2Cc2ccccc2)C(=O)O)o1. The first-order valence-electron chi connectivity index (χ1n) is 10.1. The Morgan fingerprint density at radius 2 is 1.74 bits per heavy atom. The quantitative estimate of drug-likeness (QED) is 0.434. The number of aliphatic carboxylic acids is 1. The molecule has 0 saturated heterocycles. The molecule has 1 atom stereocenters. The van der Waals surface area contributed by atoms with E-state index >= 15 is 0 Å². The molecule has 0 aliphatic heterocycles. The van der Waals surface area contributed by atoms with Crippen LogP contribution in [-0.4, -0.2) is 27.1 Å². The van der Waals surface area contributed by atoms with Gasteiger partial charge in [-0.05, 0) is 24.6 Å². The molecule has 0 aliphatic rings. The second-order valence-corrected chi connectivity index (χ2v) is 7.33. The van der Waals surface area contributed by atoms with Crippen LogP contribution < -0.4 is 5.32 Å². The van der Waals surface area contributed by atoms with Crippen molar-refractivity contribution >= 4 is 11.8 Å². The minimum absolute atomic E-state index is 0.204. The maximum absolute atomic E-state index is 11.9. The van der Waals surface area contributed by atoms with Crippen LogP contribution in [0.2, 0.25) is 0 Å². The summed E-state index contributed by atoms with van der Waals surface area (Å²) >= 11 is 0. The van der Waals surface area contributed by atoms with Crippen molar-refractivity contribution < 1.29 is 14.3 Å². The lowest BCUT2D eigenvalue weighted by Gasteiger charge is -2.17. The van der Waals surface area contributed by atoms with E-state index in [-0.39, 0.29) is 6.42 Å². The summed E-state index contributed by atoms with van der Waals surface area (Å²) in [6.45, 7) is 1.83. The Bertz CT molecular complexity index is 1160. The van der Waals surface area contributed by atoms with Crippen molar-refractivity contribution in [3.05, 3.63) is 102 Å². The third-order valence-corrected chi connectivity index (χ3v) is 4.94. The molecule has 6 nitrogen and oxygen atoms in total. The molecule has 2 aromatic heterocycles. The molecule has 0 saturated carbocycles. The van der Waals surface area contributed by atoms with Crippen LogP contribution in [0.15, 0.2) is 83.4 Å². The Hall–Kier alpha value is -3.93. The Morgan fingerprint density at radius 3 is 2.39 bits per heavy atom. The van der Waals surface area contributed by atoms with E-state index < -0.39 is 12.0 Å². The van der Waals surface area contributed by atoms with E-state index in [9.17, 15) is 9.90 Å². The molecule has 2 N–H and O–H groups in total. The number of aromatic nitrogens is 2. The van der Waals surface area contributed by atoms with Gasteiger partial charge in [0.1, 0.15) is 23.4 Å². The van der Waals surface area contributed by atoms with Crippen LogP contribution >= 0.6 is 0 Å². The van der Waals surface area contributed by atoms with Gasteiger partial charge in [0.15, 0.2) is 0 Å². The fourth-order valence-corrected chi connectivity index (χ4v) is 3.37. The van der Waals surface area contributed by atoms with Crippen molar-refractivity contribution in [3.63, 3.8) is 0 Å². The number of hydrogen-bond acceptors (Lipinski definition) is 5. The number of nitrogens with one attached hydrogen (secondary N) is 1. The number of hydrogen-bond donors (Lipinski definition) is 2. The second-order valence-electron chi connectivity index (χ2n) is 7.33. The van der Waals surface area contributed by atoms with Crippen LogP contribution in [0.3, 0.4) is 0 Å². The number of furan rings is 1. The first-order chi connectivity index (χ1) is 15.1. The van der Waals surface area contributed by atoms with Crippen LogP contribution in [0.1, 0.15) is 22.8 Å². The summed E-state index contributed by atoms with van der Waals surface area (Å²) in [5.74, 6) is 0.833. The highest BCUT2D eigenvalue weighted by Gasteiger charge is 2.22. The van der Waals surface area contributed by atoms with E-state index in [0.717, 1.165) is 22.6 Å². The van der Waals surface area contributed by atoms with Crippen molar-refractivity contribution in [2.24, 2.45) is 0 Å². The molecular formula is C25H23N3O3. The summed E-state index contributed by atoms with van der Waals surface area (Å²) in [5.41, 5.74) is 3.45. The molecule has 0 fully saturated rings. The summed E-state index contributed by atoms with van der Waals surface area (Å²) in [4.78, 5) is 21.3. The standard InChI is InChI=1S/C25H23N3O3/c1-17-12-13-20(31-17)15-22(25(29)30)28-24-21(14-18-8-4-2-5-9-18)27-23(16-26-24)19-10-6-3-7-11-19/h2-13,16,22H,14-15H2,1H3,(H,26,28)(H,29,30). The van der Waals surface area contributed by atoms with Gasteiger partial charge in [-0.15, -0.1) is 0 Å². The van der Waals surface area contributed by atoms with Crippen molar-refractivity contribution in [3.8, 4) is 11.3 Å². The summed E-state index contributed by atoms with van der Waals surface area (Å²) < 4.78 is 5.57. The first-order valence-corrected chi connectivity index (χ1v) is 10.1. The maximum atomic E-state index is 11.9. The number of benzene rings is 2. The van der Waals surface area contributed by atoms with Gasteiger partial charge in [-0.25, -0.2) is 14.8 Å². The maximum Gasteiger partial charge on any atom is 0.326 e. The molecular weight excluding hydrogens is 390 g/mol. The van der Waals surface area contributed by atoms with Crippen molar-refractivity contribution in [1.82, 2.24) is 9.97 Å². The molecule has 31 heavy (non-hydrogen) atoms. The minimum atomic E-state index is -0.978. The Balaban J connectivity index is 1.66. The number of aryl methyl sites for hydroxylation is 1. The molecule has 0 aliphatic carbocycles. The number of anilines is 1. The Labute approximate surface area is 180 Å². The third-order valence-electron chi connectivity index (χ3n) is 4.94. The number of nitrogens with zero attached hydrogens (tertiary/aromatic N) is 2. The highest BCUT2D eigenvalue weighted by molar-refractivity contribution is 5.77. The lowest BCUT2D eigenvalue weighted by atomic mass is 10.1. The average Bonchev–Trinajstić information content (AvgIpc) is 3.20. The molecule has 0 spiro atoms. The zero-order chi connectivity index (χ0) is 21.6. The van der Waals surface area contributed by atoms with Crippen LogP contribution in [0.4, 0.5) is 5.82 Å². The smallest absolute Gasteiger partial charge is 0.326 e.